The predicted octanol–water partition coefficient (Wildman–Crippen LogP) is 7.16. The molecule has 0 spiro atoms. The third kappa shape index (κ3) is 7.77. The Labute approximate surface area is 215 Å². The molecule has 0 saturated heterocycles. The minimum Gasteiger partial charge on any atom is -0.442 e. The first-order valence-corrected chi connectivity index (χ1v) is 11.1. The van der Waals surface area contributed by atoms with Gasteiger partial charge in [-0.1, -0.05) is 18.5 Å². The summed E-state index contributed by atoms with van der Waals surface area (Å²) >= 11 is 5.70. The van der Waals surface area contributed by atoms with Crippen molar-refractivity contribution < 1.29 is 53.8 Å². The number of benzene rings is 1. The minimum atomic E-state index is -5.34. The van der Waals surface area contributed by atoms with E-state index in [0.717, 1.165) is 4.57 Å². The Kier molecular flexibility index (Phi) is 9.07. The molecule has 0 aliphatic heterocycles. The van der Waals surface area contributed by atoms with Crippen molar-refractivity contribution in [3.8, 4) is 5.88 Å². The molecule has 2 rings (SSSR count). The number of esters is 1. The zero-order valence-electron chi connectivity index (χ0n) is 20.2. The second-order valence-electron chi connectivity index (χ2n) is 8.84. The molecular formula is C22H21ClF9N3O3. The van der Waals surface area contributed by atoms with Crippen molar-refractivity contribution in [1.29, 1.82) is 0 Å². The summed E-state index contributed by atoms with van der Waals surface area (Å²) in [6.45, 7) is 5.04. The molecule has 1 aromatic carbocycles. The van der Waals surface area contributed by atoms with Crippen LogP contribution >= 0.6 is 11.6 Å². The van der Waals surface area contributed by atoms with E-state index in [1.165, 1.54) is 20.8 Å². The molecule has 0 atom stereocenters. The van der Waals surface area contributed by atoms with Gasteiger partial charge in [-0.3, -0.25) is 9.36 Å². The highest BCUT2D eigenvalue weighted by Gasteiger charge is 2.40. The number of hydrogen-bond acceptors (Lipinski definition) is 5. The van der Waals surface area contributed by atoms with Crippen molar-refractivity contribution in [2.45, 2.75) is 59.2 Å². The van der Waals surface area contributed by atoms with E-state index in [1.54, 1.807) is 6.92 Å². The largest absolute Gasteiger partial charge is 0.442 e. The Balaban J connectivity index is 2.82. The summed E-state index contributed by atoms with van der Waals surface area (Å²) in [5, 5.41) is -1.28. The number of hydrogen-bond donors (Lipinski definition) is 0. The van der Waals surface area contributed by atoms with Crippen LogP contribution in [0.25, 0.3) is 0 Å². The quantitative estimate of drug-likeness (QED) is 0.206. The fraction of sp³-hybridized carbons (Fsp3) is 0.500. The van der Waals surface area contributed by atoms with Gasteiger partial charge in [0.25, 0.3) is 0 Å². The number of halogens is 10. The molecule has 1 aromatic heterocycles. The lowest BCUT2D eigenvalue weighted by molar-refractivity contribution is -0.160. The number of alkyl halides is 9. The highest BCUT2D eigenvalue weighted by Crippen LogP contribution is 2.43. The van der Waals surface area contributed by atoms with Gasteiger partial charge in [-0.2, -0.15) is 39.5 Å². The number of nitrogens with zero attached hydrogens (tertiary/aromatic N) is 3. The highest BCUT2D eigenvalue weighted by molar-refractivity contribution is 6.33. The average molecular weight is 582 g/mol. The lowest BCUT2D eigenvalue weighted by Crippen LogP contribution is -2.30. The molecule has 0 amide bonds. The summed E-state index contributed by atoms with van der Waals surface area (Å²) in [7, 11) is 0. The lowest BCUT2D eigenvalue weighted by Gasteiger charge is -2.19. The topological polar surface area (TPSA) is 65.7 Å². The SMILES string of the molecule is CCCn1c(OCOC(=O)C(C)(C)C)cc(C(F)(F)F)nc1=Nc1cc(C(F)(F)F)cc(C(F)(F)F)c1Cl. The van der Waals surface area contributed by atoms with Gasteiger partial charge >= 0.3 is 24.5 Å². The van der Waals surface area contributed by atoms with Crippen LogP contribution in [0.3, 0.4) is 0 Å². The summed E-state index contributed by atoms with van der Waals surface area (Å²) in [5.74, 6) is -1.38. The first-order chi connectivity index (χ1) is 17.2. The van der Waals surface area contributed by atoms with E-state index >= 15 is 0 Å². The van der Waals surface area contributed by atoms with Crippen LogP contribution in [-0.2, 0) is 34.6 Å². The Morgan fingerprint density at radius 1 is 0.974 bits per heavy atom. The van der Waals surface area contributed by atoms with Gasteiger partial charge < -0.3 is 9.47 Å². The normalized spacial score (nSPS) is 13.6. The molecule has 16 heteroatoms. The summed E-state index contributed by atoms with van der Waals surface area (Å²) in [5.41, 5.74) is -8.36. The van der Waals surface area contributed by atoms with Crippen molar-refractivity contribution in [2.24, 2.45) is 10.4 Å². The predicted molar refractivity (Wildman–Crippen MR) is 115 cm³/mol. The zero-order valence-corrected chi connectivity index (χ0v) is 21.0. The van der Waals surface area contributed by atoms with Gasteiger partial charge in [0, 0.05) is 12.6 Å². The molecule has 0 aliphatic carbocycles. The molecule has 2 aromatic rings. The molecule has 0 unspecified atom stereocenters. The van der Waals surface area contributed by atoms with E-state index in [-0.39, 0.29) is 25.1 Å². The van der Waals surface area contributed by atoms with Gasteiger partial charge in [0.15, 0.2) is 5.69 Å². The van der Waals surface area contributed by atoms with Crippen LogP contribution in [-0.4, -0.2) is 22.3 Å². The monoisotopic (exact) mass is 581 g/mol. The van der Waals surface area contributed by atoms with Crippen molar-refractivity contribution in [3.63, 3.8) is 0 Å². The maximum absolute atomic E-state index is 13.6. The number of carbonyl (C=O) groups is 1. The highest BCUT2D eigenvalue weighted by atomic mass is 35.5. The summed E-state index contributed by atoms with van der Waals surface area (Å²) in [4.78, 5) is 18.8. The summed E-state index contributed by atoms with van der Waals surface area (Å²) in [6, 6.07) is 0.342. The second-order valence-corrected chi connectivity index (χ2v) is 9.22. The zero-order chi connectivity index (χ0) is 29.3. The third-order valence-corrected chi connectivity index (χ3v) is 5.04. The summed E-state index contributed by atoms with van der Waals surface area (Å²) < 4.78 is 132. The van der Waals surface area contributed by atoms with Crippen LogP contribution in [0.15, 0.2) is 23.2 Å². The maximum Gasteiger partial charge on any atom is 0.433 e. The van der Waals surface area contributed by atoms with Gasteiger partial charge in [0.1, 0.15) is 0 Å². The van der Waals surface area contributed by atoms with Crippen LogP contribution in [0.1, 0.15) is 50.9 Å². The van der Waals surface area contributed by atoms with E-state index in [4.69, 9.17) is 21.1 Å². The molecule has 0 fully saturated rings. The standard InChI is InChI=1S/C22H21ClF9N3O3/c1-5-6-35-15(37-10-38-17(36)19(2,3)4)9-14(22(30,31)32)34-18(35)33-13-8-11(20(24,25)26)7-12(16(13)23)21(27,28)29/h7-9H,5-6,10H2,1-4H3. The molecule has 0 radical (unpaired) electrons. The van der Waals surface area contributed by atoms with Crippen molar-refractivity contribution in [2.75, 3.05) is 6.79 Å². The first-order valence-electron chi connectivity index (χ1n) is 10.7. The third-order valence-electron chi connectivity index (χ3n) is 4.64. The number of carbonyl (C=O) groups excluding carboxylic acids is 1. The smallest absolute Gasteiger partial charge is 0.433 e. The van der Waals surface area contributed by atoms with E-state index in [0.29, 0.717) is 6.07 Å². The van der Waals surface area contributed by atoms with E-state index in [9.17, 15) is 44.3 Å². The first kappa shape index (κ1) is 31.2. The maximum atomic E-state index is 13.6. The van der Waals surface area contributed by atoms with Crippen LogP contribution in [0.5, 0.6) is 5.88 Å². The van der Waals surface area contributed by atoms with Gasteiger partial charge in [-0.15, -0.1) is 0 Å². The molecule has 0 bridgehead atoms. The Morgan fingerprint density at radius 3 is 2.05 bits per heavy atom. The average Bonchev–Trinajstić information content (AvgIpc) is 2.73. The molecule has 0 N–H and O–H groups in total. The van der Waals surface area contributed by atoms with Crippen LogP contribution in [0, 0.1) is 5.41 Å². The summed E-state index contributed by atoms with van der Waals surface area (Å²) in [6.07, 6.45) is -15.5. The fourth-order valence-corrected chi connectivity index (χ4v) is 3.06. The van der Waals surface area contributed by atoms with Crippen molar-refractivity contribution in [3.05, 3.63) is 45.7 Å². The van der Waals surface area contributed by atoms with Crippen molar-refractivity contribution in [1.82, 2.24) is 9.55 Å². The van der Waals surface area contributed by atoms with E-state index < -0.39 is 75.7 Å². The van der Waals surface area contributed by atoms with Gasteiger partial charge in [0.05, 0.1) is 27.3 Å². The van der Waals surface area contributed by atoms with E-state index in [1.807, 2.05) is 0 Å². The van der Waals surface area contributed by atoms with E-state index in [2.05, 4.69) is 9.98 Å². The molecular weight excluding hydrogens is 561 g/mol. The molecule has 6 nitrogen and oxygen atoms in total. The second kappa shape index (κ2) is 11.0. The lowest BCUT2D eigenvalue weighted by atomic mass is 9.98. The van der Waals surface area contributed by atoms with Crippen LogP contribution in [0.2, 0.25) is 5.02 Å². The van der Waals surface area contributed by atoms with Gasteiger partial charge in [-0.25, -0.2) is 9.98 Å². The fourth-order valence-electron chi connectivity index (χ4n) is 2.81. The molecule has 38 heavy (non-hydrogen) atoms. The Hall–Kier alpha value is -2.97. The number of rotatable bonds is 6. The van der Waals surface area contributed by atoms with Crippen LogP contribution < -0.4 is 10.4 Å². The Bertz CT molecular complexity index is 1240. The van der Waals surface area contributed by atoms with Gasteiger partial charge in [0.2, 0.25) is 18.3 Å². The van der Waals surface area contributed by atoms with Crippen molar-refractivity contribution >= 4 is 23.3 Å². The molecule has 0 saturated carbocycles. The van der Waals surface area contributed by atoms with Gasteiger partial charge in [-0.05, 0) is 39.3 Å². The molecule has 1 heterocycles. The Morgan fingerprint density at radius 2 is 1.58 bits per heavy atom. The molecule has 0 aliphatic rings. The molecule has 212 valence electrons. The number of aromatic nitrogens is 2. The number of ether oxygens (including phenoxy) is 2. The van der Waals surface area contributed by atoms with Crippen LogP contribution in [0.4, 0.5) is 45.2 Å². The minimum absolute atomic E-state index is 0.154.